The van der Waals surface area contributed by atoms with Crippen LogP contribution in [0.4, 0.5) is 0 Å². The highest BCUT2D eigenvalue weighted by Crippen LogP contribution is 2.17. The van der Waals surface area contributed by atoms with Crippen LogP contribution in [0.25, 0.3) is 0 Å². The molecule has 1 aromatic carbocycles. The number of likely N-dealkylation sites (tertiary alicyclic amines) is 1. The van der Waals surface area contributed by atoms with Gasteiger partial charge in [0.2, 0.25) is 5.91 Å². The zero-order valence-electron chi connectivity index (χ0n) is 11.1. The Labute approximate surface area is 122 Å². The molecule has 1 saturated heterocycles. The molecular formula is C14H19BrN2O2. The smallest absolute Gasteiger partial charge is 0.236 e. The molecule has 1 aliphatic rings. The van der Waals surface area contributed by atoms with E-state index >= 15 is 0 Å². The number of hydrogen-bond donors (Lipinski definition) is 1. The van der Waals surface area contributed by atoms with Crippen LogP contribution in [0, 0.1) is 0 Å². The molecule has 1 heterocycles. The first-order valence-electron chi connectivity index (χ1n) is 6.44. The molecule has 0 radical (unpaired) electrons. The van der Waals surface area contributed by atoms with Gasteiger partial charge in [0, 0.05) is 31.2 Å². The number of carbonyl (C=O) groups is 1. The number of aliphatic hydroxyl groups excluding tert-OH is 1. The monoisotopic (exact) mass is 326 g/mol. The maximum absolute atomic E-state index is 12.1. The number of hydrogen-bond acceptors (Lipinski definition) is 3. The van der Waals surface area contributed by atoms with Gasteiger partial charge in [-0.15, -0.1) is 0 Å². The highest BCUT2D eigenvalue weighted by atomic mass is 79.9. The van der Waals surface area contributed by atoms with E-state index < -0.39 is 0 Å². The molecular weight excluding hydrogens is 308 g/mol. The first kappa shape index (κ1) is 14.5. The lowest BCUT2D eigenvalue weighted by Crippen LogP contribution is -2.37. The number of benzene rings is 1. The second-order valence-corrected chi connectivity index (χ2v) is 5.87. The van der Waals surface area contributed by atoms with Crippen molar-refractivity contribution in [3.05, 3.63) is 34.3 Å². The summed E-state index contributed by atoms with van der Waals surface area (Å²) >= 11 is 3.49. The molecule has 0 saturated carbocycles. The molecule has 1 N–H and O–H groups in total. The number of halogens is 1. The summed E-state index contributed by atoms with van der Waals surface area (Å²) in [5.74, 6) is 0.0878. The maximum atomic E-state index is 12.1. The summed E-state index contributed by atoms with van der Waals surface area (Å²) in [5.41, 5.74) is 1.10. The Bertz CT molecular complexity index is 453. The van der Waals surface area contributed by atoms with E-state index in [-0.39, 0.29) is 12.0 Å². The molecule has 5 heteroatoms. The Hall–Kier alpha value is -0.910. The Morgan fingerprint density at radius 1 is 1.53 bits per heavy atom. The van der Waals surface area contributed by atoms with Gasteiger partial charge in [-0.1, -0.05) is 34.1 Å². The van der Waals surface area contributed by atoms with Gasteiger partial charge in [0.05, 0.1) is 12.6 Å². The summed E-state index contributed by atoms with van der Waals surface area (Å²) < 4.78 is 1.02. The van der Waals surface area contributed by atoms with Crippen molar-refractivity contribution in [1.29, 1.82) is 0 Å². The van der Waals surface area contributed by atoms with Gasteiger partial charge < -0.3 is 10.0 Å². The number of likely N-dealkylation sites (N-methyl/N-ethyl adjacent to an activating group) is 1. The topological polar surface area (TPSA) is 43.8 Å². The molecule has 0 bridgehead atoms. The molecule has 104 valence electrons. The van der Waals surface area contributed by atoms with E-state index in [2.05, 4.69) is 15.9 Å². The SMILES string of the molecule is CN(Cc1ccccc1Br)C(=O)CN1CCC(O)C1. The van der Waals surface area contributed by atoms with Crippen LogP contribution in [-0.2, 0) is 11.3 Å². The van der Waals surface area contributed by atoms with Crippen molar-refractivity contribution in [1.82, 2.24) is 9.80 Å². The van der Waals surface area contributed by atoms with Crippen molar-refractivity contribution in [3.63, 3.8) is 0 Å². The van der Waals surface area contributed by atoms with Crippen LogP contribution in [-0.4, -0.2) is 53.6 Å². The van der Waals surface area contributed by atoms with Crippen molar-refractivity contribution in [2.45, 2.75) is 19.1 Å². The van der Waals surface area contributed by atoms with E-state index in [1.165, 1.54) is 0 Å². The minimum Gasteiger partial charge on any atom is -0.392 e. The third-order valence-electron chi connectivity index (χ3n) is 3.40. The maximum Gasteiger partial charge on any atom is 0.236 e. The van der Waals surface area contributed by atoms with Crippen LogP contribution in [0.15, 0.2) is 28.7 Å². The van der Waals surface area contributed by atoms with Crippen LogP contribution in [0.2, 0.25) is 0 Å². The van der Waals surface area contributed by atoms with Gasteiger partial charge in [-0.2, -0.15) is 0 Å². The van der Waals surface area contributed by atoms with E-state index in [1.54, 1.807) is 4.90 Å². The number of aliphatic hydroxyl groups is 1. The highest BCUT2D eigenvalue weighted by molar-refractivity contribution is 9.10. The summed E-state index contributed by atoms with van der Waals surface area (Å²) in [6.45, 7) is 2.39. The van der Waals surface area contributed by atoms with Crippen molar-refractivity contribution in [3.8, 4) is 0 Å². The molecule has 0 spiro atoms. The van der Waals surface area contributed by atoms with Crippen LogP contribution in [0.3, 0.4) is 0 Å². The predicted octanol–water partition coefficient (Wildman–Crippen LogP) is 1.47. The van der Waals surface area contributed by atoms with Crippen LogP contribution >= 0.6 is 15.9 Å². The van der Waals surface area contributed by atoms with E-state index in [0.29, 0.717) is 19.6 Å². The molecule has 4 nitrogen and oxygen atoms in total. The molecule has 0 aromatic heterocycles. The fourth-order valence-electron chi connectivity index (χ4n) is 2.24. The Morgan fingerprint density at radius 2 is 2.26 bits per heavy atom. The van der Waals surface area contributed by atoms with Gasteiger partial charge in [-0.25, -0.2) is 0 Å². The van der Waals surface area contributed by atoms with Crippen molar-refractivity contribution in [2.75, 3.05) is 26.7 Å². The number of rotatable bonds is 4. The van der Waals surface area contributed by atoms with Gasteiger partial charge in [-0.05, 0) is 18.1 Å². The Kier molecular flexibility index (Phi) is 4.96. The minimum atomic E-state index is -0.277. The summed E-state index contributed by atoms with van der Waals surface area (Å²) in [4.78, 5) is 15.8. The van der Waals surface area contributed by atoms with Gasteiger partial charge in [0.25, 0.3) is 0 Å². The van der Waals surface area contributed by atoms with E-state index in [1.807, 2.05) is 36.2 Å². The van der Waals surface area contributed by atoms with Crippen LogP contribution < -0.4 is 0 Å². The standard InChI is InChI=1S/C14H19BrN2O2/c1-16(8-11-4-2-3-5-13(11)15)14(19)10-17-7-6-12(18)9-17/h2-5,12,18H,6-10H2,1H3. The molecule has 1 amide bonds. The second kappa shape index (κ2) is 6.50. The largest absolute Gasteiger partial charge is 0.392 e. The Morgan fingerprint density at radius 3 is 2.89 bits per heavy atom. The summed E-state index contributed by atoms with van der Waals surface area (Å²) in [5, 5.41) is 9.45. The molecule has 1 aliphatic heterocycles. The molecule has 2 rings (SSSR count). The van der Waals surface area contributed by atoms with Gasteiger partial charge >= 0.3 is 0 Å². The quantitative estimate of drug-likeness (QED) is 0.911. The van der Waals surface area contributed by atoms with Crippen molar-refractivity contribution in [2.24, 2.45) is 0 Å². The van der Waals surface area contributed by atoms with Crippen molar-refractivity contribution < 1.29 is 9.90 Å². The van der Waals surface area contributed by atoms with Gasteiger partial charge in [0.1, 0.15) is 0 Å². The molecule has 19 heavy (non-hydrogen) atoms. The fourth-order valence-corrected chi connectivity index (χ4v) is 2.65. The molecule has 1 fully saturated rings. The fraction of sp³-hybridized carbons (Fsp3) is 0.500. The average molecular weight is 327 g/mol. The lowest BCUT2D eigenvalue weighted by molar-refractivity contribution is -0.131. The minimum absolute atomic E-state index is 0.0878. The van der Waals surface area contributed by atoms with Gasteiger partial charge in [0.15, 0.2) is 0 Å². The normalized spacial score (nSPS) is 19.6. The first-order valence-corrected chi connectivity index (χ1v) is 7.23. The molecule has 1 atom stereocenters. The highest BCUT2D eigenvalue weighted by Gasteiger charge is 2.23. The predicted molar refractivity (Wildman–Crippen MR) is 77.7 cm³/mol. The molecule has 0 aliphatic carbocycles. The lowest BCUT2D eigenvalue weighted by Gasteiger charge is -2.21. The lowest BCUT2D eigenvalue weighted by atomic mass is 10.2. The van der Waals surface area contributed by atoms with E-state index in [0.717, 1.165) is 23.0 Å². The number of nitrogens with zero attached hydrogens (tertiary/aromatic N) is 2. The van der Waals surface area contributed by atoms with E-state index in [9.17, 15) is 9.90 Å². The zero-order valence-corrected chi connectivity index (χ0v) is 12.6. The molecule has 1 unspecified atom stereocenters. The molecule has 1 aromatic rings. The third kappa shape index (κ3) is 4.03. The van der Waals surface area contributed by atoms with Gasteiger partial charge in [-0.3, -0.25) is 9.69 Å². The van der Waals surface area contributed by atoms with Crippen LogP contribution in [0.1, 0.15) is 12.0 Å². The van der Waals surface area contributed by atoms with E-state index in [4.69, 9.17) is 0 Å². The summed E-state index contributed by atoms with van der Waals surface area (Å²) in [6, 6.07) is 7.91. The first-order chi connectivity index (χ1) is 9.06. The average Bonchev–Trinajstić information content (AvgIpc) is 2.77. The second-order valence-electron chi connectivity index (χ2n) is 5.02. The number of amides is 1. The Balaban J connectivity index is 1.87. The number of carbonyl (C=O) groups excluding carboxylic acids is 1. The number of β-amino-alcohol motifs (C(OH)–C–C–N with tert-alkyl or cyclic N) is 1. The zero-order chi connectivity index (χ0) is 13.8. The van der Waals surface area contributed by atoms with Crippen molar-refractivity contribution >= 4 is 21.8 Å². The third-order valence-corrected chi connectivity index (χ3v) is 4.17. The summed E-state index contributed by atoms with van der Waals surface area (Å²) in [6.07, 6.45) is 0.489. The van der Waals surface area contributed by atoms with Crippen LogP contribution in [0.5, 0.6) is 0 Å². The summed E-state index contributed by atoms with van der Waals surface area (Å²) in [7, 11) is 1.81.